The summed E-state index contributed by atoms with van der Waals surface area (Å²) >= 11 is 1.10. The third kappa shape index (κ3) is 4.11. The van der Waals surface area contributed by atoms with Gasteiger partial charge in [0, 0.05) is 5.69 Å². The van der Waals surface area contributed by atoms with Gasteiger partial charge < -0.3 is 10.3 Å². The number of aromatic nitrogens is 4. The zero-order valence-electron chi connectivity index (χ0n) is 16.3. The molecule has 30 heavy (non-hydrogen) atoms. The number of halogens is 1. The number of benzene rings is 2. The number of aryl methyl sites for hydroxylation is 2. The number of rotatable bonds is 5. The molecular formula is C21H18FN5O2S. The van der Waals surface area contributed by atoms with Crippen LogP contribution < -0.4 is 10.9 Å². The molecule has 9 heteroatoms. The van der Waals surface area contributed by atoms with Crippen molar-refractivity contribution in [1.29, 1.82) is 0 Å². The lowest BCUT2D eigenvalue weighted by molar-refractivity contribution is -0.113. The Labute approximate surface area is 175 Å². The van der Waals surface area contributed by atoms with E-state index in [1.165, 1.54) is 30.5 Å². The molecule has 0 aliphatic carbocycles. The number of amides is 1. The summed E-state index contributed by atoms with van der Waals surface area (Å²) in [6, 6.07) is 11.4. The zero-order chi connectivity index (χ0) is 21.3. The van der Waals surface area contributed by atoms with Crippen LogP contribution in [-0.4, -0.2) is 31.4 Å². The van der Waals surface area contributed by atoms with Gasteiger partial charge in [0.15, 0.2) is 10.8 Å². The van der Waals surface area contributed by atoms with Gasteiger partial charge in [-0.2, -0.15) is 5.10 Å². The molecule has 0 saturated heterocycles. The first-order valence-corrected chi connectivity index (χ1v) is 10.1. The molecule has 0 saturated carbocycles. The summed E-state index contributed by atoms with van der Waals surface area (Å²) in [5, 5.41) is 7.66. The largest absolute Gasteiger partial charge is 0.325 e. The second kappa shape index (κ2) is 8.11. The number of H-pyrrole nitrogens is 1. The number of thioether (sulfide) groups is 1. The van der Waals surface area contributed by atoms with E-state index in [1.54, 1.807) is 4.68 Å². The zero-order valence-corrected chi connectivity index (χ0v) is 17.1. The second-order valence-electron chi connectivity index (χ2n) is 6.78. The predicted molar refractivity (Wildman–Crippen MR) is 115 cm³/mol. The lowest BCUT2D eigenvalue weighted by Crippen LogP contribution is -2.15. The Morgan fingerprint density at radius 2 is 1.93 bits per heavy atom. The van der Waals surface area contributed by atoms with Crippen LogP contribution >= 0.6 is 11.8 Å². The number of nitrogens with zero attached hydrogens (tertiary/aromatic N) is 3. The Hall–Kier alpha value is -3.46. The van der Waals surface area contributed by atoms with Crippen molar-refractivity contribution < 1.29 is 9.18 Å². The van der Waals surface area contributed by atoms with Crippen LogP contribution in [0.2, 0.25) is 0 Å². The molecule has 2 aromatic carbocycles. The van der Waals surface area contributed by atoms with Gasteiger partial charge in [-0.25, -0.2) is 14.1 Å². The van der Waals surface area contributed by atoms with Crippen molar-refractivity contribution in [3.8, 4) is 5.69 Å². The van der Waals surface area contributed by atoms with Crippen molar-refractivity contribution in [2.75, 3.05) is 11.1 Å². The quantitative estimate of drug-likeness (QED) is 0.378. The van der Waals surface area contributed by atoms with Crippen LogP contribution in [0, 0.1) is 19.7 Å². The molecule has 0 bridgehead atoms. The maximum Gasteiger partial charge on any atom is 0.262 e. The highest BCUT2D eigenvalue weighted by Crippen LogP contribution is 2.20. The molecule has 2 aromatic heterocycles. The Kier molecular flexibility index (Phi) is 5.37. The fourth-order valence-corrected chi connectivity index (χ4v) is 3.53. The van der Waals surface area contributed by atoms with Crippen LogP contribution in [-0.2, 0) is 4.79 Å². The molecule has 0 unspecified atom stereocenters. The summed E-state index contributed by atoms with van der Waals surface area (Å²) < 4.78 is 14.6. The molecule has 0 fully saturated rings. The normalized spacial score (nSPS) is 11.0. The topological polar surface area (TPSA) is 92.7 Å². The molecule has 4 aromatic rings. The average molecular weight is 423 g/mol. The highest BCUT2D eigenvalue weighted by Gasteiger charge is 2.13. The van der Waals surface area contributed by atoms with Crippen molar-refractivity contribution in [3.05, 3.63) is 76.0 Å². The van der Waals surface area contributed by atoms with Gasteiger partial charge in [0.25, 0.3) is 5.56 Å². The Morgan fingerprint density at radius 3 is 2.67 bits per heavy atom. The van der Waals surface area contributed by atoms with E-state index in [0.29, 0.717) is 21.9 Å². The first-order valence-electron chi connectivity index (χ1n) is 9.14. The van der Waals surface area contributed by atoms with Crippen molar-refractivity contribution in [2.24, 2.45) is 0 Å². The van der Waals surface area contributed by atoms with Crippen molar-refractivity contribution in [2.45, 2.75) is 19.0 Å². The van der Waals surface area contributed by atoms with E-state index in [-0.39, 0.29) is 23.0 Å². The van der Waals surface area contributed by atoms with Gasteiger partial charge in [-0.15, -0.1) is 0 Å². The van der Waals surface area contributed by atoms with Crippen LogP contribution in [0.1, 0.15) is 11.1 Å². The SMILES string of the molecule is Cc1ccc(-n2ncc3c(=O)[nH]c(SCC(=O)Nc4ccc(F)cc4)nc32)cc1C. The number of hydrogen-bond donors (Lipinski definition) is 2. The van der Waals surface area contributed by atoms with E-state index in [0.717, 1.165) is 28.6 Å². The molecule has 7 nitrogen and oxygen atoms in total. The predicted octanol–water partition coefficient (Wildman–Crippen LogP) is 3.60. The lowest BCUT2D eigenvalue weighted by atomic mass is 10.1. The van der Waals surface area contributed by atoms with Gasteiger partial charge >= 0.3 is 0 Å². The first kappa shape index (κ1) is 19.8. The van der Waals surface area contributed by atoms with Gasteiger partial charge in [-0.1, -0.05) is 17.8 Å². The molecule has 152 valence electrons. The van der Waals surface area contributed by atoms with E-state index in [4.69, 9.17) is 0 Å². The number of fused-ring (bicyclic) bond motifs is 1. The molecule has 0 aliphatic rings. The van der Waals surface area contributed by atoms with E-state index < -0.39 is 0 Å². The number of carbonyl (C=O) groups is 1. The van der Waals surface area contributed by atoms with E-state index in [9.17, 15) is 14.0 Å². The fraction of sp³-hybridized carbons (Fsp3) is 0.143. The summed E-state index contributed by atoms with van der Waals surface area (Å²) in [6.45, 7) is 4.03. The molecule has 0 spiro atoms. The van der Waals surface area contributed by atoms with Crippen LogP contribution in [0.4, 0.5) is 10.1 Å². The molecule has 2 heterocycles. The highest BCUT2D eigenvalue weighted by atomic mass is 32.2. The monoisotopic (exact) mass is 423 g/mol. The molecule has 0 radical (unpaired) electrons. The molecule has 4 rings (SSSR count). The fourth-order valence-electron chi connectivity index (χ4n) is 2.88. The molecular weight excluding hydrogens is 405 g/mol. The average Bonchev–Trinajstić information content (AvgIpc) is 3.15. The van der Waals surface area contributed by atoms with Gasteiger partial charge in [0.2, 0.25) is 5.91 Å². The van der Waals surface area contributed by atoms with Crippen LogP contribution in [0.3, 0.4) is 0 Å². The van der Waals surface area contributed by atoms with Crippen molar-refractivity contribution >= 4 is 34.4 Å². The van der Waals surface area contributed by atoms with Crippen molar-refractivity contribution in [1.82, 2.24) is 19.7 Å². The second-order valence-corrected chi connectivity index (χ2v) is 7.74. The maximum atomic E-state index is 13.0. The number of anilines is 1. The summed E-state index contributed by atoms with van der Waals surface area (Å²) in [5.41, 5.74) is 3.65. The smallest absolute Gasteiger partial charge is 0.262 e. The maximum absolute atomic E-state index is 13.0. The Bertz CT molecular complexity index is 1300. The van der Waals surface area contributed by atoms with Crippen LogP contribution in [0.15, 0.2) is 58.6 Å². The minimum absolute atomic E-state index is 0.0313. The summed E-state index contributed by atoms with van der Waals surface area (Å²) in [5.74, 6) is -0.640. The standard InChI is InChI=1S/C21H18FN5O2S/c1-12-3-8-16(9-13(12)2)27-19-17(10-23-27)20(29)26-21(25-19)30-11-18(28)24-15-6-4-14(22)5-7-15/h3-10H,11H2,1-2H3,(H,24,28)(H,25,26,29). The third-order valence-corrected chi connectivity index (χ3v) is 5.49. The summed E-state index contributed by atoms with van der Waals surface area (Å²) in [4.78, 5) is 31.8. The molecule has 0 aliphatic heterocycles. The molecule has 2 N–H and O–H groups in total. The van der Waals surface area contributed by atoms with Gasteiger partial charge in [-0.05, 0) is 61.4 Å². The van der Waals surface area contributed by atoms with E-state index in [1.807, 2.05) is 32.0 Å². The Morgan fingerprint density at radius 1 is 1.17 bits per heavy atom. The Balaban J connectivity index is 1.56. The lowest BCUT2D eigenvalue weighted by Gasteiger charge is -2.07. The number of aromatic amines is 1. The highest BCUT2D eigenvalue weighted by molar-refractivity contribution is 7.99. The summed E-state index contributed by atoms with van der Waals surface area (Å²) in [7, 11) is 0. The van der Waals surface area contributed by atoms with Gasteiger partial charge in [-0.3, -0.25) is 9.59 Å². The van der Waals surface area contributed by atoms with E-state index >= 15 is 0 Å². The summed E-state index contributed by atoms with van der Waals surface area (Å²) in [6.07, 6.45) is 1.48. The number of carbonyl (C=O) groups excluding carboxylic acids is 1. The van der Waals surface area contributed by atoms with Gasteiger partial charge in [0.1, 0.15) is 11.2 Å². The van der Waals surface area contributed by atoms with Crippen LogP contribution in [0.5, 0.6) is 0 Å². The van der Waals surface area contributed by atoms with Crippen LogP contribution in [0.25, 0.3) is 16.7 Å². The molecule has 0 atom stereocenters. The third-order valence-electron chi connectivity index (χ3n) is 4.62. The first-order chi connectivity index (χ1) is 14.4. The minimum atomic E-state index is -0.377. The minimum Gasteiger partial charge on any atom is -0.325 e. The van der Waals surface area contributed by atoms with Gasteiger partial charge in [0.05, 0.1) is 17.6 Å². The van der Waals surface area contributed by atoms with Crippen molar-refractivity contribution in [3.63, 3.8) is 0 Å². The number of nitrogens with one attached hydrogen (secondary N) is 2. The van der Waals surface area contributed by atoms with E-state index in [2.05, 4.69) is 20.4 Å². The molecule has 1 amide bonds. The number of hydrogen-bond acceptors (Lipinski definition) is 5.